The van der Waals surface area contributed by atoms with E-state index in [0.717, 1.165) is 15.9 Å². The number of carbonyl (C=O) groups excluding carboxylic acids is 2. The molecule has 1 aromatic heterocycles. The fourth-order valence-electron chi connectivity index (χ4n) is 3.56. The quantitative estimate of drug-likeness (QED) is 0.820. The monoisotopic (exact) mass is 327 g/mol. The molecule has 2 amide bonds. The smallest absolute Gasteiger partial charge is 0.340 e. The van der Waals surface area contributed by atoms with Crippen molar-refractivity contribution in [2.24, 2.45) is 7.05 Å². The van der Waals surface area contributed by atoms with Gasteiger partial charge in [0.15, 0.2) is 0 Å². The lowest BCUT2D eigenvalue weighted by molar-refractivity contribution is -0.131. The van der Waals surface area contributed by atoms with E-state index in [9.17, 15) is 14.4 Å². The molecule has 2 aliphatic heterocycles. The molecule has 4 rings (SSSR count). The van der Waals surface area contributed by atoms with Gasteiger partial charge in [-0.3, -0.25) is 14.2 Å². The number of benzene rings is 1. The molecule has 0 aliphatic carbocycles. The first kappa shape index (κ1) is 14.7. The second-order valence-electron chi connectivity index (χ2n) is 6.33. The molecular formula is C16H17N5O3. The molecule has 24 heavy (non-hydrogen) atoms. The first-order chi connectivity index (χ1) is 11.5. The van der Waals surface area contributed by atoms with Gasteiger partial charge in [-0.1, -0.05) is 18.2 Å². The Labute approximate surface area is 137 Å². The minimum absolute atomic E-state index is 0.0611. The fourth-order valence-corrected chi connectivity index (χ4v) is 3.56. The van der Waals surface area contributed by atoms with Crippen LogP contribution >= 0.6 is 0 Å². The summed E-state index contributed by atoms with van der Waals surface area (Å²) in [5.41, 5.74) is 0.751. The largest absolute Gasteiger partial charge is 0.345 e. The van der Waals surface area contributed by atoms with E-state index >= 15 is 0 Å². The lowest BCUT2D eigenvalue weighted by Crippen LogP contribution is -2.41. The number of carbonyl (C=O) groups is 2. The minimum atomic E-state index is -0.679. The summed E-state index contributed by atoms with van der Waals surface area (Å²) in [4.78, 5) is 38.5. The highest BCUT2D eigenvalue weighted by atomic mass is 16.2. The van der Waals surface area contributed by atoms with Gasteiger partial charge in [0.1, 0.15) is 12.9 Å². The van der Waals surface area contributed by atoms with Crippen molar-refractivity contribution in [3.05, 3.63) is 46.6 Å². The second kappa shape index (κ2) is 5.05. The maximum absolute atomic E-state index is 12.5. The molecule has 124 valence electrons. The molecular weight excluding hydrogens is 310 g/mol. The summed E-state index contributed by atoms with van der Waals surface area (Å²) in [6, 6.07) is 7.59. The van der Waals surface area contributed by atoms with Gasteiger partial charge in [-0.05, 0) is 18.1 Å². The van der Waals surface area contributed by atoms with E-state index in [2.05, 4.69) is 10.4 Å². The number of likely N-dealkylation sites (tertiary alicyclic amines) is 1. The Morgan fingerprint density at radius 2 is 2.12 bits per heavy atom. The van der Waals surface area contributed by atoms with Crippen LogP contribution in [-0.2, 0) is 28.6 Å². The van der Waals surface area contributed by atoms with Crippen LogP contribution in [0.3, 0.4) is 0 Å². The summed E-state index contributed by atoms with van der Waals surface area (Å²) in [5, 5.41) is 6.81. The Kier molecular flexibility index (Phi) is 3.09. The van der Waals surface area contributed by atoms with Crippen LogP contribution in [0.5, 0.6) is 0 Å². The molecule has 1 spiro atoms. The zero-order chi connectivity index (χ0) is 16.9. The number of aryl methyl sites for hydroxylation is 1. The van der Waals surface area contributed by atoms with Crippen molar-refractivity contribution in [2.45, 2.75) is 18.4 Å². The number of para-hydroxylation sites is 1. The van der Waals surface area contributed by atoms with E-state index in [1.54, 1.807) is 11.9 Å². The van der Waals surface area contributed by atoms with Gasteiger partial charge in [0.2, 0.25) is 11.8 Å². The Bertz CT molecular complexity index is 899. The third-order valence-electron chi connectivity index (χ3n) is 4.92. The summed E-state index contributed by atoms with van der Waals surface area (Å²) in [7, 11) is 1.58. The highest BCUT2D eigenvalue weighted by Crippen LogP contribution is 2.43. The van der Waals surface area contributed by atoms with E-state index in [-0.39, 0.29) is 24.0 Å². The summed E-state index contributed by atoms with van der Waals surface area (Å²) >= 11 is 0. The summed E-state index contributed by atoms with van der Waals surface area (Å²) in [6.45, 7) is 0.706. The predicted molar refractivity (Wildman–Crippen MR) is 85.4 cm³/mol. The van der Waals surface area contributed by atoms with Gasteiger partial charge in [-0.2, -0.15) is 5.10 Å². The van der Waals surface area contributed by atoms with Crippen LogP contribution in [0.15, 0.2) is 35.4 Å². The van der Waals surface area contributed by atoms with Crippen LogP contribution < -0.4 is 11.0 Å². The highest BCUT2D eigenvalue weighted by molar-refractivity contribution is 6.07. The molecule has 1 atom stereocenters. The van der Waals surface area contributed by atoms with Gasteiger partial charge < -0.3 is 10.2 Å². The molecule has 3 heterocycles. The van der Waals surface area contributed by atoms with Gasteiger partial charge in [0, 0.05) is 25.8 Å². The first-order valence-electron chi connectivity index (χ1n) is 7.78. The van der Waals surface area contributed by atoms with E-state index in [1.165, 1.54) is 10.9 Å². The summed E-state index contributed by atoms with van der Waals surface area (Å²) in [5.74, 6) is -0.265. The lowest BCUT2D eigenvalue weighted by atomic mass is 9.81. The van der Waals surface area contributed by atoms with Crippen LogP contribution in [-0.4, -0.2) is 44.2 Å². The summed E-state index contributed by atoms with van der Waals surface area (Å²) < 4.78 is 2.45. The molecule has 1 aromatic carbocycles. The normalized spacial score (nSPS) is 22.0. The number of fused-ring (bicyclic) bond motifs is 2. The van der Waals surface area contributed by atoms with Crippen molar-refractivity contribution < 1.29 is 9.59 Å². The SMILES string of the molecule is Cn1cnn(CC(=O)N2CCC3(C2)C(=O)Nc2ccccc23)c1=O. The topological polar surface area (TPSA) is 89.2 Å². The average Bonchev–Trinajstić information content (AvgIpc) is 3.23. The molecule has 0 bridgehead atoms. The van der Waals surface area contributed by atoms with Gasteiger partial charge in [0.25, 0.3) is 0 Å². The number of nitrogens with zero attached hydrogens (tertiary/aromatic N) is 4. The fraction of sp³-hybridized carbons (Fsp3) is 0.375. The van der Waals surface area contributed by atoms with Crippen LogP contribution in [0.2, 0.25) is 0 Å². The number of anilines is 1. The number of aromatic nitrogens is 3. The van der Waals surface area contributed by atoms with E-state index < -0.39 is 5.41 Å². The number of amides is 2. The van der Waals surface area contributed by atoms with Crippen LogP contribution in [0.25, 0.3) is 0 Å². The third kappa shape index (κ3) is 1.99. The third-order valence-corrected chi connectivity index (χ3v) is 4.92. The first-order valence-corrected chi connectivity index (χ1v) is 7.78. The Hall–Kier alpha value is -2.90. The summed E-state index contributed by atoms with van der Waals surface area (Å²) in [6.07, 6.45) is 1.96. The van der Waals surface area contributed by atoms with Crippen molar-refractivity contribution in [1.82, 2.24) is 19.2 Å². The molecule has 1 N–H and O–H groups in total. The molecule has 8 heteroatoms. The van der Waals surface area contributed by atoms with Crippen molar-refractivity contribution in [3.8, 4) is 0 Å². The Balaban J connectivity index is 1.57. The average molecular weight is 327 g/mol. The van der Waals surface area contributed by atoms with Crippen molar-refractivity contribution in [2.75, 3.05) is 18.4 Å². The molecule has 1 fully saturated rings. The molecule has 0 saturated carbocycles. The molecule has 2 aromatic rings. The van der Waals surface area contributed by atoms with Crippen molar-refractivity contribution in [1.29, 1.82) is 0 Å². The van der Waals surface area contributed by atoms with Crippen molar-refractivity contribution >= 4 is 17.5 Å². The van der Waals surface area contributed by atoms with Gasteiger partial charge in [-0.15, -0.1) is 0 Å². The maximum atomic E-state index is 12.5. The number of hydrogen-bond donors (Lipinski definition) is 1. The van der Waals surface area contributed by atoms with Gasteiger partial charge in [0.05, 0.1) is 5.41 Å². The molecule has 0 radical (unpaired) electrons. The zero-order valence-electron chi connectivity index (χ0n) is 13.2. The maximum Gasteiger partial charge on any atom is 0.345 e. The van der Waals surface area contributed by atoms with E-state index in [1.807, 2.05) is 24.3 Å². The molecule has 1 saturated heterocycles. The van der Waals surface area contributed by atoms with Crippen molar-refractivity contribution in [3.63, 3.8) is 0 Å². The number of rotatable bonds is 2. The minimum Gasteiger partial charge on any atom is -0.340 e. The molecule has 2 aliphatic rings. The Morgan fingerprint density at radius 1 is 1.33 bits per heavy atom. The Morgan fingerprint density at radius 3 is 2.88 bits per heavy atom. The van der Waals surface area contributed by atoms with Crippen LogP contribution in [0, 0.1) is 0 Å². The van der Waals surface area contributed by atoms with Gasteiger partial charge >= 0.3 is 5.69 Å². The number of nitrogens with one attached hydrogen (secondary N) is 1. The van der Waals surface area contributed by atoms with Crippen LogP contribution in [0.4, 0.5) is 5.69 Å². The zero-order valence-corrected chi connectivity index (χ0v) is 13.2. The standard InChI is InChI=1S/C16H17N5O3/c1-19-10-17-21(15(19)24)8-13(22)20-7-6-16(9-20)11-4-2-3-5-12(11)18-14(16)23/h2-5,10H,6-9H2,1H3,(H,18,23). The highest BCUT2D eigenvalue weighted by Gasteiger charge is 2.51. The number of hydrogen-bond acceptors (Lipinski definition) is 4. The second-order valence-corrected chi connectivity index (χ2v) is 6.33. The van der Waals surface area contributed by atoms with Crippen LogP contribution in [0.1, 0.15) is 12.0 Å². The molecule has 1 unspecified atom stereocenters. The molecule has 8 nitrogen and oxygen atoms in total. The van der Waals surface area contributed by atoms with Gasteiger partial charge in [-0.25, -0.2) is 9.48 Å². The van der Waals surface area contributed by atoms with E-state index in [4.69, 9.17) is 0 Å². The predicted octanol–water partition coefficient (Wildman–Crippen LogP) is -0.296. The van der Waals surface area contributed by atoms with E-state index in [0.29, 0.717) is 19.5 Å². The lowest BCUT2D eigenvalue weighted by Gasteiger charge is -2.22.